The first-order valence-electron chi connectivity index (χ1n) is 6.92. The van der Waals surface area contributed by atoms with Gasteiger partial charge in [-0.1, -0.05) is 24.4 Å². The molecule has 1 aliphatic heterocycles. The van der Waals surface area contributed by atoms with Crippen molar-refractivity contribution in [1.82, 2.24) is 10.2 Å². The second-order valence-electron chi connectivity index (χ2n) is 5.40. The number of likely N-dealkylation sites (tertiary alicyclic amines) is 1. The van der Waals surface area contributed by atoms with Gasteiger partial charge >= 0.3 is 0 Å². The molecule has 1 saturated heterocycles. The average Bonchev–Trinajstić information content (AvgIpc) is 2.49. The van der Waals surface area contributed by atoms with Crippen LogP contribution in [0, 0.1) is 0 Å². The molecule has 6 heteroatoms. The molecule has 0 unspecified atom stereocenters. The fourth-order valence-corrected chi connectivity index (χ4v) is 3.40. The zero-order valence-electron chi connectivity index (χ0n) is 12.4. The number of nitrogens with one attached hydrogen (secondary N) is 1. The van der Waals surface area contributed by atoms with Crippen molar-refractivity contribution >= 4 is 34.9 Å². The van der Waals surface area contributed by atoms with Crippen LogP contribution in [0.3, 0.4) is 0 Å². The third-order valence-corrected chi connectivity index (χ3v) is 5.20. The van der Waals surface area contributed by atoms with Crippen LogP contribution in [0.1, 0.15) is 23.2 Å². The lowest BCUT2D eigenvalue weighted by molar-refractivity contribution is 0.0887. The topological polar surface area (TPSA) is 58.4 Å². The highest BCUT2D eigenvalue weighted by Gasteiger charge is 2.38. The highest BCUT2D eigenvalue weighted by Crippen LogP contribution is 2.25. The fraction of sp³-hybridized carbons (Fsp3) is 0.467. The Balaban J connectivity index is 2.21. The second kappa shape index (κ2) is 6.77. The van der Waals surface area contributed by atoms with Crippen molar-refractivity contribution in [3.63, 3.8) is 0 Å². The summed E-state index contributed by atoms with van der Waals surface area (Å²) in [6, 6.07) is 7.59. The van der Waals surface area contributed by atoms with Crippen molar-refractivity contribution in [3.05, 3.63) is 29.8 Å². The zero-order chi connectivity index (χ0) is 15.5. The molecule has 3 N–H and O–H groups in total. The molecule has 0 aromatic heterocycles. The molecule has 0 spiro atoms. The third kappa shape index (κ3) is 3.56. The van der Waals surface area contributed by atoms with Gasteiger partial charge < -0.3 is 16.0 Å². The van der Waals surface area contributed by atoms with Crippen molar-refractivity contribution < 1.29 is 4.79 Å². The summed E-state index contributed by atoms with van der Waals surface area (Å²) >= 11 is 6.80. The SMILES string of the molecule is CSc1ccccc1C(=O)NC1(C(N)=S)CCN(C)CC1. The number of carbonyl (C=O) groups is 1. The number of carbonyl (C=O) groups excluding carboxylic acids is 1. The van der Waals surface area contributed by atoms with Crippen LogP contribution in [0.2, 0.25) is 0 Å². The Morgan fingerprint density at radius 3 is 2.57 bits per heavy atom. The van der Waals surface area contributed by atoms with Crippen LogP contribution in [0.15, 0.2) is 29.2 Å². The van der Waals surface area contributed by atoms with Gasteiger partial charge in [-0.15, -0.1) is 11.8 Å². The molecule has 114 valence electrons. The van der Waals surface area contributed by atoms with Crippen molar-refractivity contribution in [1.29, 1.82) is 0 Å². The maximum Gasteiger partial charge on any atom is 0.253 e. The summed E-state index contributed by atoms with van der Waals surface area (Å²) in [5, 5.41) is 3.10. The Hall–Kier alpha value is -1.11. The largest absolute Gasteiger partial charge is 0.391 e. The standard InChI is InChI=1S/C15H21N3OS2/c1-18-9-7-15(8-10-18,14(16)20)17-13(19)11-5-3-4-6-12(11)21-2/h3-6H,7-10H2,1-2H3,(H2,16,20)(H,17,19). The predicted octanol–water partition coefficient (Wildman–Crippen LogP) is 1.89. The van der Waals surface area contributed by atoms with E-state index in [-0.39, 0.29) is 5.91 Å². The molecule has 1 aromatic carbocycles. The van der Waals surface area contributed by atoms with Crippen LogP contribution in [0.25, 0.3) is 0 Å². The lowest BCUT2D eigenvalue weighted by Gasteiger charge is -2.40. The van der Waals surface area contributed by atoms with E-state index in [0.29, 0.717) is 10.6 Å². The van der Waals surface area contributed by atoms with Crippen LogP contribution >= 0.6 is 24.0 Å². The van der Waals surface area contributed by atoms with Gasteiger partial charge in [-0.05, 0) is 38.3 Å². The summed E-state index contributed by atoms with van der Waals surface area (Å²) in [6.07, 6.45) is 3.48. The summed E-state index contributed by atoms with van der Waals surface area (Å²) in [5.74, 6) is -0.0997. The molecule has 21 heavy (non-hydrogen) atoms. The first kappa shape index (κ1) is 16.3. The van der Waals surface area contributed by atoms with Gasteiger partial charge in [-0.3, -0.25) is 4.79 Å². The highest BCUT2D eigenvalue weighted by molar-refractivity contribution is 7.98. The van der Waals surface area contributed by atoms with E-state index < -0.39 is 5.54 Å². The molecule has 1 amide bonds. The molecule has 1 aromatic rings. The van der Waals surface area contributed by atoms with E-state index in [9.17, 15) is 4.79 Å². The molecule has 1 heterocycles. The smallest absolute Gasteiger partial charge is 0.253 e. The number of nitrogens with zero attached hydrogens (tertiary/aromatic N) is 1. The van der Waals surface area contributed by atoms with Crippen molar-refractivity contribution in [2.75, 3.05) is 26.4 Å². The number of thiocarbonyl (C=S) groups is 1. The van der Waals surface area contributed by atoms with Gasteiger partial charge in [0.2, 0.25) is 0 Å². The minimum absolute atomic E-state index is 0.0997. The van der Waals surface area contributed by atoms with Crippen LogP contribution < -0.4 is 11.1 Å². The molecule has 0 atom stereocenters. The first-order valence-corrected chi connectivity index (χ1v) is 8.56. The van der Waals surface area contributed by atoms with E-state index in [2.05, 4.69) is 17.3 Å². The van der Waals surface area contributed by atoms with E-state index in [4.69, 9.17) is 18.0 Å². The molecule has 0 saturated carbocycles. The Bertz CT molecular complexity index is 539. The predicted molar refractivity (Wildman–Crippen MR) is 91.9 cm³/mol. The summed E-state index contributed by atoms with van der Waals surface area (Å²) in [5.41, 5.74) is 6.05. The van der Waals surface area contributed by atoms with E-state index in [1.807, 2.05) is 30.5 Å². The van der Waals surface area contributed by atoms with Crippen molar-refractivity contribution in [3.8, 4) is 0 Å². The first-order chi connectivity index (χ1) is 9.98. The number of amides is 1. The summed E-state index contributed by atoms with van der Waals surface area (Å²) in [4.78, 5) is 16.2. The molecule has 0 bridgehead atoms. The molecule has 2 rings (SSSR count). The van der Waals surface area contributed by atoms with Crippen LogP contribution in [-0.2, 0) is 0 Å². The summed E-state index contributed by atoms with van der Waals surface area (Å²) in [7, 11) is 2.06. The maximum absolute atomic E-state index is 12.6. The number of nitrogens with two attached hydrogens (primary N) is 1. The normalized spacial score (nSPS) is 18.2. The maximum atomic E-state index is 12.6. The van der Waals surface area contributed by atoms with Gasteiger partial charge in [-0.25, -0.2) is 0 Å². The minimum atomic E-state index is -0.565. The molecular formula is C15H21N3OS2. The minimum Gasteiger partial charge on any atom is -0.391 e. The molecule has 1 aliphatic rings. The number of piperidine rings is 1. The van der Waals surface area contributed by atoms with Gasteiger partial charge in [0, 0.05) is 18.0 Å². The van der Waals surface area contributed by atoms with Crippen molar-refractivity contribution in [2.24, 2.45) is 5.73 Å². The van der Waals surface area contributed by atoms with Gasteiger partial charge in [-0.2, -0.15) is 0 Å². The quantitative estimate of drug-likeness (QED) is 0.654. The molecule has 1 fully saturated rings. The lowest BCUT2D eigenvalue weighted by atomic mass is 9.87. The highest BCUT2D eigenvalue weighted by atomic mass is 32.2. The monoisotopic (exact) mass is 323 g/mol. The van der Waals surface area contributed by atoms with E-state index in [1.165, 1.54) is 0 Å². The number of benzene rings is 1. The van der Waals surface area contributed by atoms with Gasteiger partial charge in [0.15, 0.2) is 0 Å². The molecule has 4 nitrogen and oxygen atoms in total. The van der Waals surface area contributed by atoms with Crippen LogP contribution in [0.4, 0.5) is 0 Å². The summed E-state index contributed by atoms with van der Waals surface area (Å²) < 4.78 is 0. The number of hydrogen-bond acceptors (Lipinski definition) is 4. The number of rotatable bonds is 4. The Morgan fingerprint density at radius 1 is 1.38 bits per heavy atom. The fourth-order valence-electron chi connectivity index (χ4n) is 2.55. The second-order valence-corrected chi connectivity index (χ2v) is 6.69. The Labute approximate surface area is 135 Å². The zero-order valence-corrected chi connectivity index (χ0v) is 14.0. The van der Waals surface area contributed by atoms with Crippen LogP contribution in [-0.4, -0.2) is 47.7 Å². The third-order valence-electron chi connectivity index (χ3n) is 4.02. The van der Waals surface area contributed by atoms with E-state index >= 15 is 0 Å². The Morgan fingerprint density at radius 2 is 2.00 bits per heavy atom. The van der Waals surface area contributed by atoms with Crippen LogP contribution in [0.5, 0.6) is 0 Å². The summed E-state index contributed by atoms with van der Waals surface area (Å²) in [6.45, 7) is 1.75. The van der Waals surface area contributed by atoms with Gasteiger partial charge in [0.05, 0.1) is 16.1 Å². The molecular weight excluding hydrogens is 302 g/mol. The Kier molecular flexibility index (Phi) is 5.24. The lowest BCUT2D eigenvalue weighted by Crippen LogP contribution is -2.61. The van der Waals surface area contributed by atoms with Crippen molar-refractivity contribution in [2.45, 2.75) is 23.3 Å². The van der Waals surface area contributed by atoms with Gasteiger partial charge in [0.1, 0.15) is 0 Å². The molecule has 0 aliphatic carbocycles. The number of thioether (sulfide) groups is 1. The average molecular weight is 323 g/mol. The number of hydrogen-bond donors (Lipinski definition) is 2. The van der Waals surface area contributed by atoms with E-state index in [0.717, 1.165) is 30.8 Å². The molecule has 0 radical (unpaired) electrons. The van der Waals surface area contributed by atoms with E-state index in [1.54, 1.807) is 11.8 Å². The van der Waals surface area contributed by atoms with Gasteiger partial charge in [0.25, 0.3) is 5.91 Å².